The summed E-state index contributed by atoms with van der Waals surface area (Å²) in [4.78, 5) is 20.7. The lowest BCUT2D eigenvalue weighted by Crippen LogP contribution is -2.16. The monoisotopic (exact) mass is 273 g/mol. The Kier molecular flexibility index (Phi) is 4.14. The number of hydrogen-bond donors (Lipinski definition) is 1. The second-order valence-electron chi connectivity index (χ2n) is 4.35. The Morgan fingerprint density at radius 3 is 2.55 bits per heavy atom. The number of nitrogens with zero attached hydrogens (tertiary/aromatic N) is 3. The zero-order valence-electron chi connectivity index (χ0n) is 11.3. The van der Waals surface area contributed by atoms with Crippen molar-refractivity contribution in [3.8, 4) is 5.75 Å². The number of carbonyl (C=O) groups is 1. The van der Waals surface area contributed by atoms with Crippen LogP contribution in [0.1, 0.15) is 16.1 Å². The molecule has 1 N–H and O–H groups in total. The van der Waals surface area contributed by atoms with Crippen molar-refractivity contribution in [1.29, 1.82) is 0 Å². The molecular weight excluding hydrogens is 258 g/mol. The largest absolute Gasteiger partial charge is 0.483 e. The molecule has 0 spiro atoms. The van der Waals surface area contributed by atoms with E-state index < -0.39 is 5.97 Å². The van der Waals surface area contributed by atoms with E-state index in [1.165, 1.54) is 6.33 Å². The number of benzene rings is 1. The first-order valence-electron chi connectivity index (χ1n) is 6.02. The molecule has 0 bridgehead atoms. The summed E-state index contributed by atoms with van der Waals surface area (Å²) in [6.45, 7) is 0.259. The van der Waals surface area contributed by atoms with E-state index in [1.54, 1.807) is 19.0 Å². The minimum Gasteiger partial charge on any atom is -0.483 e. The van der Waals surface area contributed by atoms with E-state index in [-0.39, 0.29) is 18.1 Å². The Balaban J connectivity index is 2.31. The summed E-state index contributed by atoms with van der Waals surface area (Å²) in [5, 5.41) is 9.18. The van der Waals surface area contributed by atoms with Crippen molar-refractivity contribution in [3.05, 3.63) is 47.9 Å². The first kappa shape index (κ1) is 13.8. The fraction of sp³-hybridized carbons (Fsp3) is 0.214. The van der Waals surface area contributed by atoms with Gasteiger partial charge < -0.3 is 14.7 Å². The molecule has 0 amide bonds. The summed E-state index contributed by atoms with van der Waals surface area (Å²) >= 11 is 0. The fourth-order valence-corrected chi connectivity index (χ4v) is 1.70. The standard InChI is InChI=1S/C14H15N3O3/c1-17(2)13-12(11(14(18)19)15-9-16-13)20-8-10-6-4-3-5-7-10/h3-7,9H,8H2,1-2H3,(H,18,19). The highest BCUT2D eigenvalue weighted by molar-refractivity contribution is 5.90. The van der Waals surface area contributed by atoms with Gasteiger partial charge in [0.15, 0.2) is 17.3 Å². The van der Waals surface area contributed by atoms with Crippen LogP contribution in [0.4, 0.5) is 5.82 Å². The van der Waals surface area contributed by atoms with Crippen molar-refractivity contribution < 1.29 is 14.6 Å². The molecule has 0 radical (unpaired) electrons. The lowest BCUT2D eigenvalue weighted by Gasteiger charge is -2.17. The topological polar surface area (TPSA) is 75.6 Å². The van der Waals surface area contributed by atoms with Crippen molar-refractivity contribution in [2.45, 2.75) is 6.61 Å². The number of ether oxygens (including phenoxy) is 1. The molecule has 1 heterocycles. The second kappa shape index (κ2) is 6.01. The number of hydrogen-bond acceptors (Lipinski definition) is 5. The molecule has 20 heavy (non-hydrogen) atoms. The van der Waals surface area contributed by atoms with Crippen molar-refractivity contribution >= 4 is 11.8 Å². The summed E-state index contributed by atoms with van der Waals surface area (Å²) in [6, 6.07) is 9.50. The molecule has 0 atom stereocenters. The molecule has 1 aromatic heterocycles. The average molecular weight is 273 g/mol. The molecule has 6 nitrogen and oxygen atoms in total. The Hall–Kier alpha value is -2.63. The molecule has 0 fully saturated rings. The second-order valence-corrected chi connectivity index (χ2v) is 4.35. The molecule has 1 aromatic carbocycles. The third-order valence-corrected chi connectivity index (χ3v) is 2.64. The molecule has 0 saturated heterocycles. The van der Waals surface area contributed by atoms with E-state index >= 15 is 0 Å². The Labute approximate surface area is 116 Å². The Morgan fingerprint density at radius 1 is 1.25 bits per heavy atom. The van der Waals surface area contributed by atoms with Gasteiger partial charge in [-0.2, -0.15) is 0 Å². The maximum Gasteiger partial charge on any atom is 0.358 e. The van der Waals surface area contributed by atoms with Gasteiger partial charge in [-0.15, -0.1) is 0 Å². The molecule has 2 rings (SSSR count). The SMILES string of the molecule is CN(C)c1ncnc(C(=O)O)c1OCc1ccccc1. The summed E-state index contributed by atoms with van der Waals surface area (Å²) in [5.41, 5.74) is 0.803. The first-order chi connectivity index (χ1) is 9.59. The van der Waals surface area contributed by atoms with Gasteiger partial charge in [-0.1, -0.05) is 30.3 Å². The summed E-state index contributed by atoms with van der Waals surface area (Å²) in [5.74, 6) is -0.527. The van der Waals surface area contributed by atoms with Gasteiger partial charge in [0.05, 0.1) is 0 Å². The van der Waals surface area contributed by atoms with Gasteiger partial charge in [-0.3, -0.25) is 0 Å². The van der Waals surface area contributed by atoms with E-state index in [1.807, 2.05) is 30.3 Å². The predicted octanol–water partition coefficient (Wildman–Crippen LogP) is 1.82. The number of aromatic nitrogens is 2. The molecule has 0 aliphatic rings. The van der Waals surface area contributed by atoms with Crippen LogP contribution in [0.5, 0.6) is 5.75 Å². The lowest BCUT2D eigenvalue weighted by atomic mass is 10.2. The highest BCUT2D eigenvalue weighted by Gasteiger charge is 2.19. The maximum atomic E-state index is 11.2. The third kappa shape index (κ3) is 3.03. The summed E-state index contributed by atoms with van der Waals surface area (Å²) in [6.07, 6.45) is 1.22. The number of carboxylic acid groups (broad SMARTS) is 1. The van der Waals surface area contributed by atoms with Gasteiger partial charge in [-0.25, -0.2) is 14.8 Å². The number of rotatable bonds is 5. The van der Waals surface area contributed by atoms with Crippen LogP contribution in [0.15, 0.2) is 36.7 Å². The maximum absolute atomic E-state index is 11.2. The van der Waals surface area contributed by atoms with Gasteiger partial charge in [-0.05, 0) is 5.56 Å². The van der Waals surface area contributed by atoms with E-state index in [4.69, 9.17) is 4.74 Å². The number of anilines is 1. The normalized spacial score (nSPS) is 10.1. The van der Waals surface area contributed by atoms with Gasteiger partial charge in [0.25, 0.3) is 0 Å². The Bertz CT molecular complexity index is 600. The van der Waals surface area contributed by atoms with Crippen LogP contribution in [0.2, 0.25) is 0 Å². The molecule has 0 unspecified atom stereocenters. The molecular formula is C14H15N3O3. The van der Waals surface area contributed by atoms with Crippen LogP contribution >= 0.6 is 0 Å². The van der Waals surface area contributed by atoms with Crippen LogP contribution in [0.25, 0.3) is 0 Å². The first-order valence-corrected chi connectivity index (χ1v) is 6.02. The molecule has 0 aliphatic carbocycles. The molecule has 2 aromatic rings. The summed E-state index contributed by atoms with van der Waals surface area (Å²) in [7, 11) is 3.53. The van der Waals surface area contributed by atoms with E-state index in [2.05, 4.69) is 9.97 Å². The van der Waals surface area contributed by atoms with E-state index in [0.29, 0.717) is 5.82 Å². The zero-order valence-corrected chi connectivity index (χ0v) is 11.3. The molecule has 104 valence electrons. The van der Waals surface area contributed by atoms with Gasteiger partial charge in [0, 0.05) is 14.1 Å². The van der Waals surface area contributed by atoms with Crippen molar-refractivity contribution in [2.24, 2.45) is 0 Å². The van der Waals surface area contributed by atoms with Gasteiger partial charge in [0.1, 0.15) is 12.9 Å². The van der Waals surface area contributed by atoms with Crippen LogP contribution in [0, 0.1) is 0 Å². The quantitative estimate of drug-likeness (QED) is 0.895. The van der Waals surface area contributed by atoms with Gasteiger partial charge >= 0.3 is 5.97 Å². The van der Waals surface area contributed by atoms with E-state index in [0.717, 1.165) is 5.56 Å². The average Bonchev–Trinajstić information content (AvgIpc) is 2.45. The fourth-order valence-electron chi connectivity index (χ4n) is 1.70. The zero-order chi connectivity index (χ0) is 14.5. The van der Waals surface area contributed by atoms with Crippen molar-refractivity contribution in [3.63, 3.8) is 0 Å². The Morgan fingerprint density at radius 2 is 1.95 bits per heavy atom. The van der Waals surface area contributed by atoms with Crippen LogP contribution < -0.4 is 9.64 Å². The minimum absolute atomic E-state index is 0.139. The van der Waals surface area contributed by atoms with Crippen LogP contribution in [0.3, 0.4) is 0 Å². The summed E-state index contributed by atoms with van der Waals surface area (Å²) < 4.78 is 5.63. The number of aromatic carboxylic acids is 1. The molecule has 0 aliphatic heterocycles. The predicted molar refractivity (Wildman–Crippen MR) is 74.1 cm³/mol. The van der Waals surface area contributed by atoms with Crippen LogP contribution in [-0.2, 0) is 6.61 Å². The highest BCUT2D eigenvalue weighted by atomic mass is 16.5. The highest BCUT2D eigenvalue weighted by Crippen LogP contribution is 2.28. The van der Waals surface area contributed by atoms with Crippen molar-refractivity contribution in [1.82, 2.24) is 9.97 Å². The van der Waals surface area contributed by atoms with E-state index in [9.17, 15) is 9.90 Å². The lowest BCUT2D eigenvalue weighted by molar-refractivity contribution is 0.0684. The smallest absolute Gasteiger partial charge is 0.358 e. The molecule has 6 heteroatoms. The molecule has 0 saturated carbocycles. The van der Waals surface area contributed by atoms with Crippen molar-refractivity contribution in [2.75, 3.05) is 19.0 Å². The third-order valence-electron chi connectivity index (χ3n) is 2.64. The van der Waals surface area contributed by atoms with Crippen LogP contribution in [-0.4, -0.2) is 35.1 Å². The van der Waals surface area contributed by atoms with Gasteiger partial charge in [0.2, 0.25) is 0 Å². The minimum atomic E-state index is -1.14. The number of carboxylic acids is 1.